The lowest BCUT2D eigenvalue weighted by molar-refractivity contribution is 0.646. The summed E-state index contributed by atoms with van der Waals surface area (Å²) in [6.07, 6.45) is 1.87. The van der Waals surface area contributed by atoms with Crippen molar-refractivity contribution >= 4 is 32.8 Å². The van der Waals surface area contributed by atoms with E-state index in [1.54, 1.807) is 0 Å². The monoisotopic (exact) mass is 297 g/mol. The van der Waals surface area contributed by atoms with E-state index in [4.69, 9.17) is 4.42 Å². The van der Waals surface area contributed by atoms with Crippen LogP contribution < -0.4 is 0 Å². The Labute approximate surface area is 131 Å². The van der Waals surface area contributed by atoms with Gasteiger partial charge in [-0.1, -0.05) is 42.5 Å². The van der Waals surface area contributed by atoms with Crippen molar-refractivity contribution in [3.05, 3.63) is 66.9 Å². The minimum absolute atomic E-state index is 0.552. The zero-order chi connectivity index (χ0) is 15.2. The number of fused-ring (bicyclic) bond motifs is 4. The molecule has 0 amide bonds. The van der Waals surface area contributed by atoms with E-state index in [1.807, 2.05) is 60.8 Å². The summed E-state index contributed by atoms with van der Waals surface area (Å²) in [5.41, 5.74) is 2.93. The van der Waals surface area contributed by atoms with Gasteiger partial charge in [0, 0.05) is 17.0 Å². The van der Waals surface area contributed by atoms with E-state index in [-0.39, 0.29) is 0 Å². The molecule has 5 rings (SSSR count). The molecular formula is C19H11N3O. The number of benzene rings is 2. The molecule has 0 spiro atoms. The Bertz CT molecular complexity index is 1180. The lowest BCUT2D eigenvalue weighted by atomic mass is 10.1. The van der Waals surface area contributed by atoms with Crippen LogP contribution in [0.3, 0.4) is 0 Å². The normalized spacial score (nSPS) is 11.5. The Morgan fingerprint density at radius 2 is 1.52 bits per heavy atom. The van der Waals surface area contributed by atoms with E-state index in [0.717, 1.165) is 38.5 Å². The number of rotatable bonds is 1. The van der Waals surface area contributed by atoms with Crippen LogP contribution in [0.1, 0.15) is 0 Å². The van der Waals surface area contributed by atoms with Crippen LogP contribution in [0.5, 0.6) is 0 Å². The van der Waals surface area contributed by atoms with Gasteiger partial charge in [-0.3, -0.25) is 4.98 Å². The third-order valence-electron chi connectivity index (χ3n) is 4.04. The molecule has 0 unspecified atom stereocenters. The molecule has 3 heterocycles. The fourth-order valence-electron chi connectivity index (χ4n) is 2.88. The summed E-state index contributed by atoms with van der Waals surface area (Å²) in [5.74, 6) is 0. The van der Waals surface area contributed by atoms with Gasteiger partial charge in [0.15, 0.2) is 0 Å². The summed E-state index contributed by atoms with van der Waals surface area (Å²) in [6, 6.07) is 20.1. The van der Waals surface area contributed by atoms with Crippen molar-refractivity contribution in [2.45, 2.75) is 0 Å². The van der Waals surface area contributed by atoms with Gasteiger partial charge in [-0.15, -0.1) is 10.2 Å². The van der Waals surface area contributed by atoms with Gasteiger partial charge in [-0.25, -0.2) is 0 Å². The van der Waals surface area contributed by atoms with Gasteiger partial charge in [-0.05, 0) is 23.6 Å². The Balaban J connectivity index is 1.76. The van der Waals surface area contributed by atoms with Crippen molar-refractivity contribution in [1.82, 2.24) is 15.2 Å². The van der Waals surface area contributed by atoms with Gasteiger partial charge in [0.2, 0.25) is 5.71 Å². The molecule has 0 bridgehead atoms. The summed E-state index contributed by atoms with van der Waals surface area (Å²) in [6.45, 7) is 0. The van der Waals surface area contributed by atoms with Crippen LogP contribution in [-0.2, 0) is 0 Å². The van der Waals surface area contributed by atoms with Gasteiger partial charge in [-0.2, -0.15) is 0 Å². The molecule has 5 aromatic rings. The van der Waals surface area contributed by atoms with Gasteiger partial charge < -0.3 is 4.42 Å². The molecule has 0 aliphatic heterocycles. The molecular weight excluding hydrogens is 286 g/mol. The van der Waals surface area contributed by atoms with E-state index in [1.165, 1.54) is 0 Å². The highest BCUT2D eigenvalue weighted by Crippen LogP contribution is 2.29. The second-order valence-electron chi connectivity index (χ2n) is 5.46. The van der Waals surface area contributed by atoms with Crippen molar-refractivity contribution < 1.29 is 4.42 Å². The van der Waals surface area contributed by atoms with Crippen LogP contribution in [0.4, 0.5) is 0 Å². The molecule has 0 fully saturated rings. The first-order valence-corrected chi connectivity index (χ1v) is 7.39. The molecule has 0 N–H and O–H groups in total. The van der Waals surface area contributed by atoms with Gasteiger partial charge in [0.1, 0.15) is 11.3 Å². The number of aromatic nitrogens is 3. The lowest BCUT2D eigenvalue weighted by Gasteiger charge is -2.01. The number of furan rings is 1. The second kappa shape index (κ2) is 4.61. The lowest BCUT2D eigenvalue weighted by Crippen LogP contribution is -1.90. The Kier molecular flexibility index (Phi) is 2.46. The van der Waals surface area contributed by atoms with Crippen molar-refractivity contribution in [2.75, 3.05) is 0 Å². The van der Waals surface area contributed by atoms with Crippen LogP contribution in [0.25, 0.3) is 44.2 Å². The molecule has 3 aromatic heterocycles. The molecule has 0 saturated heterocycles. The predicted molar refractivity (Wildman–Crippen MR) is 90.0 cm³/mol. The number of hydrogen-bond acceptors (Lipinski definition) is 4. The maximum Gasteiger partial charge on any atom is 0.247 e. The first kappa shape index (κ1) is 12.3. The average Bonchev–Trinajstić information content (AvgIpc) is 2.99. The third kappa shape index (κ3) is 1.89. The Morgan fingerprint density at radius 1 is 0.696 bits per heavy atom. The van der Waals surface area contributed by atoms with Crippen molar-refractivity contribution in [1.29, 1.82) is 0 Å². The van der Waals surface area contributed by atoms with Crippen molar-refractivity contribution in [3.8, 4) is 11.4 Å². The van der Waals surface area contributed by atoms with Crippen LogP contribution in [0.15, 0.2) is 71.3 Å². The summed E-state index contributed by atoms with van der Waals surface area (Å²) < 4.78 is 5.72. The van der Waals surface area contributed by atoms with Crippen LogP contribution in [0.2, 0.25) is 0 Å². The van der Waals surface area contributed by atoms with Gasteiger partial charge in [0.25, 0.3) is 0 Å². The van der Waals surface area contributed by atoms with E-state index in [0.29, 0.717) is 5.71 Å². The minimum atomic E-state index is 0.552. The molecule has 0 aliphatic carbocycles. The second-order valence-corrected chi connectivity index (χ2v) is 5.46. The highest BCUT2D eigenvalue weighted by atomic mass is 16.3. The fourth-order valence-corrected chi connectivity index (χ4v) is 2.88. The first-order valence-electron chi connectivity index (χ1n) is 7.39. The molecule has 2 aromatic carbocycles. The predicted octanol–water partition coefficient (Wildman–Crippen LogP) is 4.59. The number of pyridine rings is 1. The standard InChI is InChI=1S/C19H11N3O/c1-2-6-13-11-20-16(9-12(13)5-1)17-10-15-14-7-3-4-8-18(14)23-19(15)22-21-17/h1-11H. The number of hydrogen-bond donors (Lipinski definition) is 0. The smallest absolute Gasteiger partial charge is 0.247 e. The summed E-state index contributed by atoms with van der Waals surface area (Å²) >= 11 is 0. The molecule has 0 saturated carbocycles. The van der Waals surface area contributed by atoms with Gasteiger partial charge in [0.05, 0.1) is 11.1 Å². The molecule has 4 heteroatoms. The maximum absolute atomic E-state index is 5.72. The number of nitrogens with zero attached hydrogens (tertiary/aromatic N) is 3. The van der Waals surface area contributed by atoms with Crippen LogP contribution >= 0.6 is 0 Å². The topological polar surface area (TPSA) is 51.8 Å². The molecule has 0 radical (unpaired) electrons. The fraction of sp³-hybridized carbons (Fsp3) is 0. The van der Waals surface area contributed by atoms with Gasteiger partial charge >= 0.3 is 0 Å². The zero-order valence-electron chi connectivity index (χ0n) is 12.1. The Morgan fingerprint density at radius 3 is 2.48 bits per heavy atom. The van der Waals surface area contributed by atoms with Crippen LogP contribution in [-0.4, -0.2) is 15.2 Å². The Hall–Kier alpha value is -3.27. The van der Waals surface area contributed by atoms with Crippen LogP contribution in [0, 0.1) is 0 Å². The molecule has 4 nitrogen and oxygen atoms in total. The molecule has 23 heavy (non-hydrogen) atoms. The van der Waals surface area contributed by atoms with E-state index < -0.39 is 0 Å². The minimum Gasteiger partial charge on any atom is -0.436 e. The highest BCUT2D eigenvalue weighted by molar-refractivity contribution is 6.04. The van der Waals surface area contributed by atoms with E-state index in [2.05, 4.69) is 21.2 Å². The van der Waals surface area contributed by atoms with E-state index in [9.17, 15) is 0 Å². The van der Waals surface area contributed by atoms with Crippen molar-refractivity contribution in [3.63, 3.8) is 0 Å². The SMILES string of the molecule is c1ccc2cc(-c3cc4c(nn3)oc3ccccc34)ncc2c1. The molecule has 0 aliphatic rings. The maximum atomic E-state index is 5.72. The largest absolute Gasteiger partial charge is 0.436 e. The number of para-hydroxylation sites is 1. The molecule has 108 valence electrons. The zero-order valence-corrected chi connectivity index (χ0v) is 12.1. The summed E-state index contributed by atoms with van der Waals surface area (Å²) in [7, 11) is 0. The van der Waals surface area contributed by atoms with E-state index >= 15 is 0 Å². The average molecular weight is 297 g/mol. The van der Waals surface area contributed by atoms with Crippen molar-refractivity contribution in [2.24, 2.45) is 0 Å². The first-order chi connectivity index (χ1) is 11.4. The highest BCUT2D eigenvalue weighted by Gasteiger charge is 2.11. The quantitative estimate of drug-likeness (QED) is 0.454. The summed E-state index contributed by atoms with van der Waals surface area (Å²) in [5, 5.41) is 12.7. The third-order valence-corrected chi connectivity index (χ3v) is 4.04. The summed E-state index contributed by atoms with van der Waals surface area (Å²) in [4.78, 5) is 4.52. The molecule has 0 atom stereocenters.